The van der Waals surface area contributed by atoms with Gasteiger partial charge in [0.25, 0.3) is 10.1 Å². The Balaban J connectivity index is 1.78. The molecule has 2 aromatic rings. The summed E-state index contributed by atoms with van der Waals surface area (Å²) in [6.45, 7) is 0. The standard InChI is InChI=1S/C16H16N4O9S2/c21-15-13(18-17-9-1-5-11(6-2-9)30-29-28-24)14(16(22)23)19-20(15)10-3-7-12(8-4-10)31(25,26)27/h1-8,13-15,19,21,24H,(H,22,23)(H,25,26,27). The molecule has 0 radical (unpaired) electrons. The number of aliphatic hydroxyl groups excluding tert-OH is 1. The summed E-state index contributed by atoms with van der Waals surface area (Å²) in [5.41, 5.74) is 3.20. The molecule has 5 N–H and O–H groups in total. The minimum absolute atomic E-state index is 0.247. The molecule has 1 aliphatic rings. The van der Waals surface area contributed by atoms with Crippen LogP contribution in [0.25, 0.3) is 0 Å². The zero-order chi connectivity index (χ0) is 22.6. The van der Waals surface area contributed by atoms with Crippen molar-refractivity contribution in [2.75, 3.05) is 5.01 Å². The number of nitrogens with zero attached hydrogens (tertiary/aromatic N) is 3. The summed E-state index contributed by atoms with van der Waals surface area (Å²) in [6, 6.07) is 8.52. The Kier molecular flexibility index (Phi) is 7.19. The molecule has 0 amide bonds. The molecule has 3 unspecified atom stereocenters. The van der Waals surface area contributed by atoms with Crippen LogP contribution in [-0.4, -0.2) is 52.7 Å². The number of carboxylic acid groups (broad SMARTS) is 1. The van der Waals surface area contributed by atoms with Crippen LogP contribution in [0, 0.1) is 0 Å². The maximum atomic E-state index is 11.6. The highest BCUT2D eigenvalue weighted by Gasteiger charge is 2.45. The molecule has 1 aliphatic heterocycles. The van der Waals surface area contributed by atoms with E-state index >= 15 is 0 Å². The maximum absolute atomic E-state index is 11.6. The van der Waals surface area contributed by atoms with Gasteiger partial charge in [0.15, 0.2) is 12.3 Å². The van der Waals surface area contributed by atoms with Crippen molar-refractivity contribution in [2.45, 2.75) is 28.1 Å². The molecule has 15 heteroatoms. The van der Waals surface area contributed by atoms with Crippen molar-refractivity contribution in [2.24, 2.45) is 10.2 Å². The van der Waals surface area contributed by atoms with Gasteiger partial charge in [-0.1, -0.05) is 5.04 Å². The Hall–Kier alpha value is -2.63. The van der Waals surface area contributed by atoms with E-state index in [9.17, 15) is 23.4 Å². The summed E-state index contributed by atoms with van der Waals surface area (Å²) in [5.74, 6) is -1.28. The monoisotopic (exact) mass is 472 g/mol. The van der Waals surface area contributed by atoms with E-state index in [4.69, 9.17) is 9.81 Å². The lowest BCUT2D eigenvalue weighted by molar-refractivity contribution is -0.432. The number of azo groups is 1. The third-order valence-corrected chi connectivity index (χ3v) is 5.63. The molecular formula is C16H16N4O9S2. The summed E-state index contributed by atoms with van der Waals surface area (Å²) < 4.78 is 35.7. The molecule has 0 spiro atoms. The van der Waals surface area contributed by atoms with Gasteiger partial charge in [-0.05, 0) is 48.5 Å². The van der Waals surface area contributed by atoms with Gasteiger partial charge in [0.1, 0.15) is 6.04 Å². The topological polar surface area (TPSA) is 191 Å². The fraction of sp³-hybridized carbons (Fsp3) is 0.188. The quantitative estimate of drug-likeness (QED) is 0.123. The number of carbonyl (C=O) groups is 1. The van der Waals surface area contributed by atoms with E-state index in [0.717, 1.165) is 29.2 Å². The largest absolute Gasteiger partial charge is 0.480 e. The number of rotatable bonds is 8. The number of hydrogen-bond acceptors (Lipinski definition) is 12. The molecule has 0 saturated carbocycles. The average Bonchev–Trinajstić information content (AvgIpc) is 3.07. The molecular weight excluding hydrogens is 456 g/mol. The minimum atomic E-state index is -4.40. The SMILES string of the molecule is O=C(O)C1NN(c2ccc(S(=O)(=O)O)cc2)C(O)C1N=Nc1ccc(SOOO)cc1. The van der Waals surface area contributed by atoms with Crippen LogP contribution in [0.15, 0.2) is 68.6 Å². The molecule has 3 rings (SSSR count). The van der Waals surface area contributed by atoms with Gasteiger partial charge in [-0.25, -0.2) is 10.7 Å². The van der Waals surface area contributed by atoms with Crippen LogP contribution < -0.4 is 10.4 Å². The Labute approximate surface area is 179 Å². The Bertz CT molecular complexity index is 1050. The van der Waals surface area contributed by atoms with Crippen LogP contribution in [0.3, 0.4) is 0 Å². The second-order valence-corrected chi connectivity index (χ2v) is 8.32. The molecule has 1 saturated heterocycles. The number of anilines is 1. The molecule has 0 aliphatic carbocycles. The summed E-state index contributed by atoms with van der Waals surface area (Å²) in [7, 11) is -4.40. The van der Waals surface area contributed by atoms with Crippen LogP contribution in [0.2, 0.25) is 0 Å². The van der Waals surface area contributed by atoms with E-state index in [-0.39, 0.29) is 10.6 Å². The van der Waals surface area contributed by atoms with E-state index < -0.39 is 34.4 Å². The molecule has 0 aromatic heterocycles. The molecule has 31 heavy (non-hydrogen) atoms. The lowest BCUT2D eigenvalue weighted by Crippen LogP contribution is -2.42. The van der Waals surface area contributed by atoms with Gasteiger partial charge in [-0.3, -0.25) is 14.4 Å². The highest BCUT2D eigenvalue weighted by atomic mass is 32.2. The predicted molar refractivity (Wildman–Crippen MR) is 105 cm³/mol. The number of hydrogen-bond donors (Lipinski definition) is 5. The summed E-state index contributed by atoms with van der Waals surface area (Å²) >= 11 is 0.745. The van der Waals surface area contributed by atoms with Crippen LogP contribution in [0.4, 0.5) is 11.4 Å². The van der Waals surface area contributed by atoms with Crippen molar-refractivity contribution in [3.63, 3.8) is 0 Å². The van der Waals surface area contributed by atoms with Gasteiger partial charge in [0.05, 0.1) is 28.3 Å². The molecule has 2 aromatic carbocycles. The van der Waals surface area contributed by atoms with Gasteiger partial charge in [0.2, 0.25) is 0 Å². The first kappa shape index (κ1) is 23.0. The van der Waals surface area contributed by atoms with Crippen LogP contribution in [-0.2, 0) is 24.3 Å². The lowest BCUT2D eigenvalue weighted by atomic mass is 10.1. The second-order valence-electron chi connectivity index (χ2n) is 6.12. The van der Waals surface area contributed by atoms with Crippen LogP contribution >= 0.6 is 12.0 Å². The van der Waals surface area contributed by atoms with Crippen molar-refractivity contribution in [1.29, 1.82) is 0 Å². The van der Waals surface area contributed by atoms with E-state index in [1.165, 1.54) is 12.1 Å². The number of aliphatic hydroxyl groups is 1. The van der Waals surface area contributed by atoms with Gasteiger partial charge in [-0.15, -0.1) is 4.33 Å². The summed E-state index contributed by atoms with van der Waals surface area (Å²) in [6.07, 6.45) is -1.44. The van der Waals surface area contributed by atoms with Crippen molar-refractivity contribution < 1.29 is 42.6 Å². The average molecular weight is 472 g/mol. The Morgan fingerprint density at radius 3 is 2.32 bits per heavy atom. The number of nitrogens with one attached hydrogen (secondary N) is 1. The first-order valence-electron chi connectivity index (χ1n) is 8.40. The Morgan fingerprint density at radius 1 is 1.13 bits per heavy atom. The summed E-state index contributed by atoms with van der Waals surface area (Å²) in [4.78, 5) is 11.8. The zero-order valence-corrected chi connectivity index (χ0v) is 17.0. The molecule has 1 fully saturated rings. The van der Waals surface area contributed by atoms with Crippen molar-refractivity contribution in [1.82, 2.24) is 5.43 Å². The van der Waals surface area contributed by atoms with Crippen molar-refractivity contribution >= 4 is 39.5 Å². The molecule has 1 heterocycles. The van der Waals surface area contributed by atoms with Gasteiger partial charge in [-0.2, -0.15) is 18.6 Å². The normalized spacial score (nSPS) is 21.6. The van der Waals surface area contributed by atoms with E-state index in [0.29, 0.717) is 10.6 Å². The predicted octanol–water partition coefficient (Wildman–Crippen LogP) is 1.61. The van der Waals surface area contributed by atoms with Crippen molar-refractivity contribution in [3.8, 4) is 0 Å². The van der Waals surface area contributed by atoms with Crippen molar-refractivity contribution in [3.05, 3.63) is 48.5 Å². The summed E-state index contributed by atoms with van der Waals surface area (Å²) in [5, 5.41) is 40.7. The van der Waals surface area contributed by atoms with Gasteiger partial charge in [0, 0.05) is 4.90 Å². The third kappa shape index (κ3) is 5.54. The number of hydrazine groups is 1. The third-order valence-electron chi connectivity index (χ3n) is 4.17. The zero-order valence-electron chi connectivity index (χ0n) is 15.3. The molecule has 13 nitrogen and oxygen atoms in total. The molecule has 3 atom stereocenters. The van der Waals surface area contributed by atoms with Gasteiger partial charge < -0.3 is 10.2 Å². The van der Waals surface area contributed by atoms with Gasteiger partial charge >= 0.3 is 5.97 Å². The first-order valence-corrected chi connectivity index (χ1v) is 10.6. The number of carboxylic acids is 1. The number of benzene rings is 2. The highest BCUT2D eigenvalue weighted by Crippen LogP contribution is 2.28. The van der Waals surface area contributed by atoms with E-state index in [1.807, 2.05) is 0 Å². The number of aliphatic carboxylic acids is 1. The fourth-order valence-corrected chi connectivity index (χ4v) is 3.55. The highest BCUT2D eigenvalue weighted by molar-refractivity contribution is 7.94. The van der Waals surface area contributed by atoms with E-state index in [1.54, 1.807) is 24.3 Å². The van der Waals surface area contributed by atoms with Crippen LogP contribution in [0.5, 0.6) is 0 Å². The first-order chi connectivity index (χ1) is 14.7. The smallest absolute Gasteiger partial charge is 0.325 e. The maximum Gasteiger partial charge on any atom is 0.325 e. The lowest BCUT2D eigenvalue weighted by Gasteiger charge is -2.22. The fourth-order valence-electron chi connectivity index (χ4n) is 2.72. The molecule has 166 valence electrons. The Morgan fingerprint density at radius 2 is 1.77 bits per heavy atom. The minimum Gasteiger partial charge on any atom is -0.480 e. The second kappa shape index (κ2) is 9.67. The van der Waals surface area contributed by atoms with Crippen LogP contribution in [0.1, 0.15) is 0 Å². The molecule has 0 bridgehead atoms. The van der Waals surface area contributed by atoms with E-state index in [2.05, 4.69) is 25.0 Å².